The van der Waals surface area contributed by atoms with Crippen molar-refractivity contribution in [1.82, 2.24) is 4.90 Å². The summed E-state index contributed by atoms with van der Waals surface area (Å²) >= 11 is 0. The van der Waals surface area contributed by atoms with Crippen LogP contribution >= 0.6 is 0 Å². The van der Waals surface area contributed by atoms with Gasteiger partial charge in [-0.05, 0) is 162 Å². The summed E-state index contributed by atoms with van der Waals surface area (Å²) in [7, 11) is 0. The molecule has 5 aliphatic rings. The van der Waals surface area contributed by atoms with Crippen molar-refractivity contribution in [3.63, 3.8) is 0 Å². The molecule has 0 N–H and O–H groups in total. The van der Waals surface area contributed by atoms with E-state index in [1.54, 1.807) is 5.57 Å². The summed E-state index contributed by atoms with van der Waals surface area (Å²) in [6.07, 6.45) is 46.3. The van der Waals surface area contributed by atoms with Gasteiger partial charge in [0.25, 0.3) is 0 Å². The van der Waals surface area contributed by atoms with Gasteiger partial charge in [0.2, 0.25) is 0 Å². The van der Waals surface area contributed by atoms with E-state index in [2.05, 4.69) is 83.7 Å². The molecule has 0 amide bonds. The Hall–Kier alpha value is -1.02. The van der Waals surface area contributed by atoms with Crippen LogP contribution in [-0.4, -0.2) is 83.2 Å². The molecule has 1 heterocycles. The molecular formula is C59H105NO5. The summed E-state index contributed by atoms with van der Waals surface area (Å²) in [6.45, 7) is 25.2. The Morgan fingerprint density at radius 1 is 0.677 bits per heavy atom. The van der Waals surface area contributed by atoms with Crippen molar-refractivity contribution in [3.05, 3.63) is 36.0 Å². The molecule has 1 aliphatic heterocycles. The normalized spacial score (nSPS) is 30.5. The summed E-state index contributed by atoms with van der Waals surface area (Å²) in [6, 6.07) is 0. The third-order valence-corrected chi connectivity index (χ3v) is 18.1. The maximum atomic E-state index is 6.53. The smallest absolute Gasteiger partial charge is 0.146 e. The molecular weight excluding hydrogens is 803 g/mol. The largest absolute Gasteiger partial charge is 0.377 e. The molecule has 0 aromatic carbocycles. The lowest BCUT2D eigenvalue weighted by atomic mass is 9.42. The highest BCUT2D eigenvalue weighted by atomic mass is 16.7. The van der Waals surface area contributed by atoms with E-state index in [4.69, 9.17) is 23.7 Å². The number of rotatable bonds is 34. The molecule has 9 atom stereocenters. The first-order valence-electron chi connectivity index (χ1n) is 28.3. The van der Waals surface area contributed by atoms with Crippen LogP contribution in [-0.2, 0) is 23.7 Å². The van der Waals surface area contributed by atoms with Crippen LogP contribution in [0, 0.1) is 45.8 Å². The van der Waals surface area contributed by atoms with Gasteiger partial charge in [-0.2, -0.15) is 0 Å². The molecule has 0 radical (unpaired) electrons. The van der Waals surface area contributed by atoms with Crippen LogP contribution in [0.4, 0.5) is 0 Å². The minimum absolute atomic E-state index is 0.0389. The van der Waals surface area contributed by atoms with Gasteiger partial charge in [-0.25, -0.2) is 0 Å². The number of ether oxygens (including phenoxy) is 5. The monoisotopic (exact) mass is 908 g/mol. The lowest BCUT2D eigenvalue weighted by molar-refractivity contribution is -0.117. The molecule has 1 unspecified atom stereocenters. The Kier molecular flexibility index (Phi) is 25.2. The van der Waals surface area contributed by atoms with E-state index in [1.165, 1.54) is 148 Å². The number of allylic oxidation sites excluding steroid dienone is 5. The van der Waals surface area contributed by atoms with Crippen LogP contribution in [0.15, 0.2) is 36.0 Å². The van der Waals surface area contributed by atoms with Crippen molar-refractivity contribution in [3.8, 4) is 0 Å². The first-order valence-corrected chi connectivity index (χ1v) is 28.3. The quantitative estimate of drug-likeness (QED) is 0.0364. The Bertz CT molecular complexity index is 1360. The van der Waals surface area contributed by atoms with Gasteiger partial charge >= 0.3 is 0 Å². The van der Waals surface area contributed by atoms with Gasteiger partial charge in [-0.1, -0.05) is 149 Å². The fraction of sp³-hybridized carbons (Fsp3) is 0.898. The molecule has 5 rings (SSSR count). The van der Waals surface area contributed by atoms with E-state index in [9.17, 15) is 0 Å². The topological polar surface area (TPSA) is 49.4 Å². The average molecular weight is 908 g/mol. The van der Waals surface area contributed by atoms with Crippen molar-refractivity contribution in [2.45, 2.75) is 228 Å². The Morgan fingerprint density at radius 3 is 2.17 bits per heavy atom. The van der Waals surface area contributed by atoms with Gasteiger partial charge in [-0.15, -0.1) is 0 Å². The maximum absolute atomic E-state index is 6.53. The molecule has 65 heavy (non-hydrogen) atoms. The predicted octanol–water partition coefficient (Wildman–Crippen LogP) is 15.5. The lowest BCUT2D eigenvalue weighted by Crippen LogP contribution is -2.55. The first kappa shape index (κ1) is 54.9. The van der Waals surface area contributed by atoms with E-state index < -0.39 is 0 Å². The predicted molar refractivity (Wildman–Crippen MR) is 274 cm³/mol. The summed E-state index contributed by atoms with van der Waals surface area (Å²) in [5.74, 6) is 4.27. The Morgan fingerprint density at radius 2 is 1.40 bits per heavy atom. The number of hydrogen-bond acceptors (Lipinski definition) is 6. The van der Waals surface area contributed by atoms with Gasteiger partial charge in [-0.3, -0.25) is 0 Å². The van der Waals surface area contributed by atoms with Gasteiger partial charge in [0, 0.05) is 13.2 Å². The van der Waals surface area contributed by atoms with Gasteiger partial charge in [0.05, 0.1) is 45.2 Å². The molecule has 4 aliphatic carbocycles. The van der Waals surface area contributed by atoms with Gasteiger partial charge < -0.3 is 28.6 Å². The van der Waals surface area contributed by atoms with Crippen molar-refractivity contribution in [1.29, 1.82) is 0 Å². The average Bonchev–Trinajstić information content (AvgIpc) is 3.58. The SMILES string of the molecule is CCCCC/C=C\C/C=C\CCCCCCCCOCOCC(CN1CCCCC1)OCCOCCO[C@H]1CC[C@@]2(C)C(=CC[C@@H]3[C@@H]2CC[C@]2(C)[C@@H]([C@H](C)CCCC(C)C)CC[C@@]32C)C1. The van der Waals surface area contributed by atoms with E-state index in [0.29, 0.717) is 62.2 Å². The highest BCUT2D eigenvalue weighted by Crippen LogP contribution is 2.72. The number of likely N-dealkylation sites (tertiary alicyclic amines) is 1. The third-order valence-electron chi connectivity index (χ3n) is 18.1. The summed E-state index contributed by atoms with van der Waals surface area (Å²) < 4.78 is 30.9. The van der Waals surface area contributed by atoms with Crippen molar-refractivity contribution in [2.75, 3.05) is 66.1 Å². The van der Waals surface area contributed by atoms with E-state index in [1.807, 2.05) is 0 Å². The molecule has 0 spiro atoms. The summed E-state index contributed by atoms with van der Waals surface area (Å²) in [5, 5.41) is 0. The second-order valence-electron chi connectivity index (χ2n) is 23.1. The molecule has 3 saturated carbocycles. The lowest BCUT2D eigenvalue weighted by Gasteiger charge is -2.63. The van der Waals surface area contributed by atoms with Crippen molar-refractivity contribution >= 4 is 0 Å². The molecule has 6 heteroatoms. The minimum atomic E-state index is 0.0389. The summed E-state index contributed by atoms with van der Waals surface area (Å²) in [5.41, 5.74) is 3.05. The number of hydrogen-bond donors (Lipinski definition) is 0. The molecule has 4 fully saturated rings. The first-order chi connectivity index (χ1) is 31.6. The fourth-order valence-corrected chi connectivity index (χ4v) is 13.9. The van der Waals surface area contributed by atoms with Crippen molar-refractivity contribution < 1.29 is 23.7 Å². The fourth-order valence-electron chi connectivity index (χ4n) is 13.9. The number of nitrogens with zero attached hydrogens (tertiary/aromatic N) is 1. The van der Waals surface area contributed by atoms with Gasteiger partial charge in [0.15, 0.2) is 0 Å². The second-order valence-corrected chi connectivity index (χ2v) is 23.1. The molecule has 376 valence electrons. The molecule has 6 nitrogen and oxygen atoms in total. The molecule has 0 aromatic heterocycles. The molecule has 0 bridgehead atoms. The maximum Gasteiger partial charge on any atom is 0.146 e. The van der Waals surface area contributed by atoms with Gasteiger partial charge in [0.1, 0.15) is 6.79 Å². The van der Waals surface area contributed by atoms with Crippen LogP contribution in [0.3, 0.4) is 0 Å². The minimum Gasteiger partial charge on any atom is -0.377 e. The van der Waals surface area contributed by atoms with E-state index in [-0.39, 0.29) is 6.10 Å². The zero-order valence-electron chi connectivity index (χ0n) is 43.9. The highest BCUT2D eigenvalue weighted by molar-refractivity contribution is 5.27. The number of unbranched alkanes of at least 4 members (excludes halogenated alkanes) is 9. The zero-order chi connectivity index (χ0) is 46.2. The standard InChI is InChI=1S/C59H105NO5/c1-8-9-10-11-12-13-14-15-16-17-18-19-20-21-22-26-40-62-48-63-47-53(46-60-38-24-23-25-39-60)65-44-42-61-41-43-64-52-32-35-57(5)51(45-52)30-31-56-55(57)34-37-58(6)54(33-36-59(56,58)7)50(4)29-27-28-49(2)3/h12-13,15-16,30,49-50,52-56H,8-11,14,17-29,31-48H2,1-7H3/b13-12-,16-15-/t50-,52+,53?,54-,55+,56-,57+,58-,59+/m1/s1. The van der Waals surface area contributed by atoms with Crippen LogP contribution in [0.2, 0.25) is 0 Å². The van der Waals surface area contributed by atoms with Crippen LogP contribution in [0.5, 0.6) is 0 Å². The number of piperidine rings is 1. The van der Waals surface area contributed by atoms with E-state index >= 15 is 0 Å². The van der Waals surface area contributed by atoms with E-state index in [0.717, 1.165) is 75.1 Å². The van der Waals surface area contributed by atoms with Crippen LogP contribution in [0.1, 0.15) is 215 Å². The molecule has 0 aromatic rings. The molecule has 1 saturated heterocycles. The zero-order valence-corrected chi connectivity index (χ0v) is 43.9. The van der Waals surface area contributed by atoms with Crippen LogP contribution < -0.4 is 0 Å². The summed E-state index contributed by atoms with van der Waals surface area (Å²) in [4.78, 5) is 2.54. The Balaban J connectivity index is 0.907. The highest BCUT2D eigenvalue weighted by Gasteiger charge is 2.64. The second kappa shape index (κ2) is 29.9. The Labute approximate surface area is 402 Å². The third kappa shape index (κ3) is 17.1. The van der Waals surface area contributed by atoms with Crippen molar-refractivity contribution in [2.24, 2.45) is 45.8 Å². The number of fused-ring (bicyclic) bond motifs is 5. The van der Waals surface area contributed by atoms with Crippen LogP contribution in [0.25, 0.3) is 0 Å².